The van der Waals surface area contributed by atoms with Crippen LogP contribution in [-0.4, -0.2) is 44.0 Å². The van der Waals surface area contributed by atoms with Gasteiger partial charge in [0.2, 0.25) is 10.0 Å². The fraction of sp³-hybridized carbons (Fsp3) is 0.211. The minimum atomic E-state index is -3.72. The second kappa shape index (κ2) is 8.41. The third kappa shape index (κ3) is 4.87. The number of aromatic nitrogens is 3. The molecule has 3 aromatic rings. The number of nitrogens with one attached hydrogen (secondary N) is 1. The maximum absolute atomic E-state index is 13.0. The smallest absolute Gasteiger partial charge is 0.240 e. The van der Waals surface area contributed by atoms with Crippen molar-refractivity contribution in [1.82, 2.24) is 19.7 Å². The molecule has 3 rings (SSSR count). The molecule has 0 atom stereocenters. The molecule has 0 saturated heterocycles. The van der Waals surface area contributed by atoms with Crippen molar-refractivity contribution in [3.8, 4) is 11.5 Å². The summed E-state index contributed by atoms with van der Waals surface area (Å²) >= 11 is 0. The molecule has 0 fully saturated rings. The number of benzene rings is 1. The normalized spacial score (nSPS) is 11.4. The van der Waals surface area contributed by atoms with Gasteiger partial charge in [-0.15, -0.1) is 0 Å². The van der Waals surface area contributed by atoms with Gasteiger partial charge in [-0.05, 0) is 36.4 Å². The van der Waals surface area contributed by atoms with Crippen LogP contribution < -0.4 is 9.62 Å². The van der Waals surface area contributed by atoms with E-state index in [4.69, 9.17) is 0 Å². The zero-order valence-electron chi connectivity index (χ0n) is 15.5. The molecule has 146 valence electrons. The van der Waals surface area contributed by atoms with Crippen molar-refractivity contribution in [1.29, 1.82) is 0 Å². The van der Waals surface area contributed by atoms with E-state index >= 15 is 0 Å². The van der Waals surface area contributed by atoms with Crippen LogP contribution in [0.4, 0.5) is 10.2 Å². The number of sulfonamides is 1. The van der Waals surface area contributed by atoms with Gasteiger partial charge in [0.05, 0.1) is 4.90 Å². The average Bonchev–Trinajstić information content (AvgIpc) is 2.68. The second-order valence-electron chi connectivity index (χ2n) is 6.25. The lowest BCUT2D eigenvalue weighted by atomic mass is 10.2. The van der Waals surface area contributed by atoms with Crippen LogP contribution in [-0.2, 0) is 16.4 Å². The fourth-order valence-corrected chi connectivity index (χ4v) is 3.49. The molecule has 0 bridgehead atoms. The van der Waals surface area contributed by atoms with Gasteiger partial charge in [-0.25, -0.2) is 27.5 Å². The van der Waals surface area contributed by atoms with Gasteiger partial charge in [-0.1, -0.05) is 6.07 Å². The SMILES string of the molecule is CN(C)c1cc(CCNS(=O)(=O)c2ccc(F)cc2)nc(-c2ccccn2)n1. The number of nitrogens with zero attached hydrogens (tertiary/aromatic N) is 4. The van der Waals surface area contributed by atoms with E-state index in [1.807, 2.05) is 37.2 Å². The van der Waals surface area contributed by atoms with Crippen molar-refractivity contribution < 1.29 is 12.8 Å². The van der Waals surface area contributed by atoms with E-state index in [0.29, 0.717) is 29.5 Å². The minimum absolute atomic E-state index is 0.0137. The number of rotatable bonds is 7. The highest BCUT2D eigenvalue weighted by Gasteiger charge is 2.14. The van der Waals surface area contributed by atoms with Crippen molar-refractivity contribution >= 4 is 15.8 Å². The van der Waals surface area contributed by atoms with E-state index in [1.54, 1.807) is 12.3 Å². The molecule has 0 spiro atoms. The molecular weight excluding hydrogens is 381 g/mol. The van der Waals surface area contributed by atoms with Gasteiger partial charge in [0.1, 0.15) is 17.3 Å². The van der Waals surface area contributed by atoms with Crippen LogP contribution in [0.3, 0.4) is 0 Å². The van der Waals surface area contributed by atoms with Crippen molar-refractivity contribution in [2.24, 2.45) is 0 Å². The molecule has 0 aliphatic carbocycles. The first-order valence-electron chi connectivity index (χ1n) is 8.57. The first-order chi connectivity index (χ1) is 13.3. The maximum Gasteiger partial charge on any atom is 0.240 e. The van der Waals surface area contributed by atoms with Gasteiger partial charge in [0.25, 0.3) is 0 Å². The van der Waals surface area contributed by atoms with E-state index in [-0.39, 0.29) is 11.4 Å². The summed E-state index contributed by atoms with van der Waals surface area (Å²) in [6.07, 6.45) is 2.03. The van der Waals surface area contributed by atoms with Gasteiger partial charge < -0.3 is 4.90 Å². The Hall–Kier alpha value is -2.91. The summed E-state index contributed by atoms with van der Waals surface area (Å²) in [5.74, 6) is 0.688. The Bertz CT molecular complexity index is 1040. The lowest BCUT2D eigenvalue weighted by Crippen LogP contribution is -2.26. The van der Waals surface area contributed by atoms with Crippen LogP contribution in [0.5, 0.6) is 0 Å². The van der Waals surface area contributed by atoms with Gasteiger partial charge in [-0.3, -0.25) is 4.98 Å². The van der Waals surface area contributed by atoms with Gasteiger partial charge in [-0.2, -0.15) is 0 Å². The van der Waals surface area contributed by atoms with Crippen LogP contribution in [0.1, 0.15) is 5.69 Å². The first kappa shape index (κ1) is 19.8. The molecule has 1 aromatic carbocycles. The first-order valence-corrected chi connectivity index (χ1v) is 10.1. The molecule has 28 heavy (non-hydrogen) atoms. The van der Waals surface area contributed by atoms with E-state index in [0.717, 1.165) is 12.1 Å². The van der Waals surface area contributed by atoms with Gasteiger partial charge in [0.15, 0.2) is 5.82 Å². The molecule has 2 aromatic heterocycles. The van der Waals surface area contributed by atoms with E-state index < -0.39 is 15.8 Å². The largest absolute Gasteiger partial charge is 0.363 e. The van der Waals surface area contributed by atoms with Crippen molar-refractivity contribution in [2.75, 3.05) is 25.5 Å². The van der Waals surface area contributed by atoms with Crippen LogP contribution in [0.15, 0.2) is 59.6 Å². The Balaban J connectivity index is 1.76. The molecule has 0 aliphatic heterocycles. The summed E-state index contributed by atoms with van der Waals surface area (Å²) in [4.78, 5) is 15.1. The van der Waals surface area contributed by atoms with Crippen molar-refractivity contribution in [3.05, 3.63) is 66.2 Å². The Labute approximate surface area is 163 Å². The predicted octanol–water partition coefficient (Wildman–Crippen LogP) is 2.26. The summed E-state index contributed by atoms with van der Waals surface area (Å²) in [7, 11) is 0.0145. The number of anilines is 1. The topological polar surface area (TPSA) is 88.1 Å². The maximum atomic E-state index is 13.0. The van der Waals surface area contributed by atoms with Crippen LogP contribution in [0, 0.1) is 5.82 Å². The highest BCUT2D eigenvalue weighted by Crippen LogP contribution is 2.18. The summed E-state index contributed by atoms with van der Waals surface area (Å²) in [5.41, 5.74) is 1.32. The molecule has 0 unspecified atom stereocenters. The highest BCUT2D eigenvalue weighted by atomic mass is 32.2. The summed E-state index contributed by atoms with van der Waals surface area (Å²) in [6, 6.07) is 12.0. The Kier molecular flexibility index (Phi) is 5.96. The Morgan fingerprint density at radius 1 is 1.07 bits per heavy atom. The summed E-state index contributed by atoms with van der Waals surface area (Å²) in [5, 5.41) is 0. The molecule has 0 saturated carbocycles. The number of hydrogen-bond donors (Lipinski definition) is 1. The van der Waals surface area contributed by atoms with Gasteiger partial charge >= 0.3 is 0 Å². The van der Waals surface area contributed by atoms with Gasteiger partial charge in [0, 0.05) is 45.0 Å². The molecule has 9 heteroatoms. The monoisotopic (exact) mass is 401 g/mol. The van der Waals surface area contributed by atoms with Crippen molar-refractivity contribution in [3.63, 3.8) is 0 Å². The molecular formula is C19H20FN5O2S. The quantitative estimate of drug-likeness (QED) is 0.653. The molecule has 1 N–H and O–H groups in total. The van der Waals surface area contributed by atoms with Crippen molar-refractivity contribution in [2.45, 2.75) is 11.3 Å². The second-order valence-corrected chi connectivity index (χ2v) is 8.02. The number of halogens is 1. The minimum Gasteiger partial charge on any atom is -0.363 e. The highest BCUT2D eigenvalue weighted by molar-refractivity contribution is 7.89. The zero-order valence-corrected chi connectivity index (χ0v) is 16.3. The summed E-state index contributed by atoms with van der Waals surface area (Å²) < 4.78 is 40.1. The fourth-order valence-electron chi connectivity index (χ4n) is 2.46. The van der Waals surface area contributed by atoms with Crippen LogP contribution in [0.25, 0.3) is 11.5 Å². The molecule has 7 nitrogen and oxygen atoms in total. The van der Waals surface area contributed by atoms with Crippen LogP contribution in [0.2, 0.25) is 0 Å². The van der Waals surface area contributed by atoms with E-state index in [2.05, 4.69) is 19.7 Å². The van der Waals surface area contributed by atoms with Crippen LogP contribution >= 0.6 is 0 Å². The third-order valence-corrected chi connectivity index (χ3v) is 5.39. The van der Waals surface area contributed by atoms with E-state index in [1.165, 1.54) is 12.1 Å². The zero-order chi connectivity index (χ0) is 20.1. The standard InChI is InChI=1S/C19H20FN5O2S/c1-25(2)18-13-15(23-19(24-18)17-5-3-4-11-21-17)10-12-22-28(26,27)16-8-6-14(20)7-9-16/h3-9,11,13,22H,10,12H2,1-2H3. The lowest BCUT2D eigenvalue weighted by molar-refractivity contribution is 0.580. The lowest BCUT2D eigenvalue weighted by Gasteiger charge is -2.14. The number of pyridine rings is 1. The number of hydrogen-bond acceptors (Lipinski definition) is 6. The molecule has 0 aliphatic rings. The molecule has 0 amide bonds. The summed E-state index contributed by atoms with van der Waals surface area (Å²) in [6.45, 7) is 0.144. The third-order valence-electron chi connectivity index (χ3n) is 3.92. The molecule has 2 heterocycles. The predicted molar refractivity (Wildman–Crippen MR) is 105 cm³/mol. The Morgan fingerprint density at radius 2 is 1.82 bits per heavy atom. The average molecular weight is 401 g/mol. The Morgan fingerprint density at radius 3 is 2.46 bits per heavy atom. The molecule has 0 radical (unpaired) electrons. The van der Waals surface area contributed by atoms with E-state index in [9.17, 15) is 12.8 Å².